The number of halogens is 1. The van der Waals surface area contributed by atoms with Crippen LogP contribution in [0.15, 0.2) is 53.6 Å². The van der Waals surface area contributed by atoms with Gasteiger partial charge in [-0.05, 0) is 29.8 Å². The number of amides is 2. The topological polar surface area (TPSA) is 73.8 Å². The van der Waals surface area contributed by atoms with Crippen molar-refractivity contribution in [2.45, 2.75) is 0 Å². The number of carbonyl (C=O) groups is 2. The van der Waals surface area contributed by atoms with Crippen LogP contribution in [0, 0.1) is 5.82 Å². The van der Waals surface area contributed by atoms with Crippen molar-refractivity contribution in [3.05, 3.63) is 65.5 Å². The Labute approximate surface area is 145 Å². The molecule has 0 atom stereocenters. The van der Waals surface area contributed by atoms with Gasteiger partial charge in [0, 0.05) is 19.8 Å². The van der Waals surface area contributed by atoms with E-state index < -0.39 is 17.6 Å². The fourth-order valence-electron chi connectivity index (χ4n) is 1.98. The van der Waals surface area contributed by atoms with Crippen LogP contribution in [0.1, 0.15) is 15.9 Å². The zero-order valence-electron chi connectivity index (χ0n) is 14.0. The molecule has 0 aromatic heterocycles. The summed E-state index contributed by atoms with van der Waals surface area (Å²) in [5.74, 6) is -1.80. The summed E-state index contributed by atoms with van der Waals surface area (Å²) < 4.78 is 13.4. The van der Waals surface area contributed by atoms with Crippen LogP contribution in [-0.4, -0.2) is 38.7 Å². The molecule has 7 heteroatoms. The smallest absolute Gasteiger partial charge is 0.259 e. The van der Waals surface area contributed by atoms with Crippen molar-refractivity contribution in [2.24, 2.45) is 5.10 Å². The van der Waals surface area contributed by atoms with Gasteiger partial charge < -0.3 is 10.2 Å². The summed E-state index contributed by atoms with van der Waals surface area (Å²) in [5, 5.41) is 6.16. The van der Waals surface area contributed by atoms with Crippen molar-refractivity contribution >= 4 is 23.7 Å². The number of hydrogen-bond donors (Lipinski definition) is 2. The molecule has 0 saturated heterocycles. The standard InChI is InChI=1S/C18H19FN4O2/c1-23(2)14-9-7-13(8-10-14)11-21-22-17(24)12-20-18(25)15-5-3-4-6-16(15)19/h3-11H,12H2,1-2H3,(H,20,25)(H,22,24). The Balaban J connectivity index is 1.80. The first kappa shape index (κ1) is 18.1. The van der Waals surface area contributed by atoms with Gasteiger partial charge in [0.2, 0.25) is 0 Å². The van der Waals surface area contributed by atoms with E-state index in [1.54, 1.807) is 6.07 Å². The highest BCUT2D eigenvalue weighted by molar-refractivity contribution is 5.96. The zero-order valence-corrected chi connectivity index (χ0v) is 14.0. The fourth-order valence-corrected chi connectivity index (χ4v) is 1.98. The second kappa shape index (κ2) is 8.58. The monoisotopic (exact) mass is 342 g/mol. The Kier molecular flexibility index (Phi) is 6.22. The van der Waals surface area contributed by atoms with E-state index in [-0.39, 0.29) is 12.1 Å². The molecule has 0 aliphatic rings. The SMILES string of the molecule is CN(C)c1ccc(C=NNC(=O)CNC(=O)c2ccccc2F)cc1. The molecular weight excluding hydrogens is 323 g/mol. The number of hydrogen-bond acceptors (Lipinski definition) is 4. The van der Waals surface area contributed by atoms with E-state index in [4.69, 9.17) is 0 Å². The summed E-state index contributed by atoms with van der Waals surface area (Å²) in [5.41, 5.74) is 4.06. The molecule has 0 aliphatic carbocycles. The highest BCUT2D eigenvalue weighted by Crippen LogP contribution is 2.10. The molecule has 2 rings (SSSR count). The van der Waals surface area contributed by atoms with Crippen molar-refractivity contribution < 1.29 is 14.0 Å². The summed E-state index contributed by atoms with van der Waals surface area (Å²) in [6, 6.07) is 13.1. The van der Waals surface area contributed by atoms with E-state index in [9.17, 15) is 14.0 Å². The predicted molar refractivity (Wildman–Crippen MR) is 95.2 cm³/mol. The highest BCUT2D eigenvalue weighted by atomic mass is 19.1. The Morgan fingerprint density at radius 3 is 2.44 bits per heavy atom. The Morgan fingerprint density at radius 2 is 1.80 bits per heavy atom. The molecule has 2 aromatic rings. The van der Waals surface area contributed by atoms with Crippen LogP contribution >= 0.6 is 0 Å². The molecule has 2 N–H and O–H groups in total. The third-order valence-corrected chi connectivity index (χ3v) is 3.34. The quantitative estimate of drug-likeness (QED) is 0.621. The van der Waals surface area contributed by atoms with Crippen molar-refractivity contribution in [3.63, 3.8) is 0 Å². The number of nitrogens with zero attached hydrogens (tertiary/aromatic N) is 2. The molecule has 2 amide bonds. The predicted octanol–water partition coefficient (Wildman–Crippen LogP) is 1.77. The van der Waals surface area contributed by atoms with Crippen molar-refractivity contribution in [2.75, 3.05) is 25.5 Å². The zero-order chi connectivity index (χ0) is 18.2. The number of nitrogens with one attached hydrogen (secondary N) is 2. The van der Waals surface area contributed by atoms with Gasteiger partial charge in [0.15, 0.2) is 0 Å². The Hall–Kier alpha value is -3.22. The number of hydrazone groups is 1. The van der Waals surface area contributed by atoms with E-state index >= 15 is 0 Å². The number of carbonyl (C=O) groups excluding carboxylic acids is 2. The first-order valence-electron chi connectivity index (χ1n) is 7.59. The second-order valence-corrected chi connectivity index (χ2v) is 5.44. The third kappa shape index (κ3) is 5.42. The molecule has 0 saturated carbocycles. The highest BCUT2D eigenvalue weighted by Gasteiger charge is 2.11. The van der Waals surface area contributed by atoms with E-state index in [0.717, 1.165) is 11.3 Å². The molecular formula is C18H19FN4O2. The summed E-state index contributed by atoms with van der Waals surface area (Å²) in [6.07, 6.45) is 1.50. The lowest BCUT2D eigenvalue weighted by atomic mass is 10.2. The van der Waals surface area contributed by atoms with Crippen molar-refractivity contribution in [1.82, 2.24) is 10.7 Å². The van der Waals surface area contributed by atoms with Gasteiger partial charge in [0.1, 0.15) is 5.82 Å². The Morgan fingerprint density at radius 1 is 1.12 bits per heavy atom. The largest absolute Gasteiger partial charge is 0.378 e. The van der Waals surface area contributed by atoms with Crippen LogP contribution in [0.5, 0.6) is 0 Å². The second-order valence-electron chi connectivity index (χ2n) is 5.44. The molecule has 0 unspecified atom stereocenters. The van der Waals surface area contributed by atoms with Gasteiger partial charge in [-0.1, -0.05) is 24.3 Å². The normalized spacial score (nSPS) is 10.5. The summed E-state index contributed by atoms with van der Waals surface area (Å²) >= 11 is 0. The van der Waals surface area contributed by atoms with Gasteiger partial charge in [-0.15, -0.1) is 0 Å². The summed E-state index contributed by atoms with van der Waals surface area (Å²) in [4.78, 5) is 25.4. The maximum atomic E-state index is 13.4. The van der Waals surface area contributed by atoms with Crippen LogP contribution in [0.4, 0.5) is 10.1 Å². The maximum absolute atomic E-state index is 13.4. The maximum Gasteiger partial charge on any atom is 0.259 e. The van der Waals surface area contributed by atoms with E-state index in [0.29, 0.717) is 0 Å². The van der Waals surface area contributed by atoms with Crippen LogP contribution in [0.2, 0.25) is 0 Å². The van der Waals surface area contributed by atoms with E-state index in [1.807, 2.05) is 43.3 Å². The van der Waals surface area contributed by atoms with Gasteiger partial charge in [-0.3, -0.25) is 9.59 Å². The summed E-state index contributed by atoms with van der Waals surface area (Å²) in [7, 11) is 3.89. The van der Waals surface area contributed by atoms with Crippen molar-refractivity contribution in [1.29, 1.82) is 0 Å². The molecule has 2 aromatic carbocycles. The van der Waals surface area contributed by atoms with Gasteiger partial charge in [-0.2, -0.15) is 5.10 Å². The van der Waals surface area contributed by atoms with Gasteiger partial charge in [-0.25, -0.2) is 9.82 Å². The van der Waals surface area contributed by atoms with Crippen LogP contribution < -0.4 is 15.6 Å². The number of rotatable bonds is 6. The molecule has 0 radical (unpaired) electrons. The van der Waals surface area contributed by atoms with E-state index in [1.165, 1.54) is 24.4 Å². The fraction of sp³-hybridized carbons (Fsp3) is 0.167. The van der Waals surface area contributed by atoms with Gasteiger partial charge in [0.05, 0.1) is 18.3 Å². The summed E-state index contributed by atoms with van der Waals surface area (Å²) in [6.45, 7) is -0.302. The van der Waals surface area contributed by atoms with Crippen molar-refractivity contribution in [3.8, 4) is 0 Å². The average Bonchev–Trinajstić information content (AvgIpc) is 2.60. The first-order valence-corrected chi connectivity index (χ1v) is 7.59. The van der Waals surface area contributed by atoms with E-state index in [2.05, 4.69) is 15.8 Å². The minimum atomic E-state index is -0.656. The lowest BCUT2D eigenvalue weighted by Gasteiger charge is -2.11. The molecule has 130 valence electrons. The molecule has 25 heavy (non-hydrogen) atoms. The molecule has 0 fully saturated rings. The Bertz CT molecular complexity index is 773. The van der Waals surface area contributed by atoms with Gasteiger partial charge >= 0.3 is 0 Å². The minimum absolute atomic E-state index is 0.111. The van der Waals surface area contributed by atoms with Gasteiger partial charge in [0.25, 0.3) is 11.8 Å². The molecule has 0 spiro atoms. The minimum Gasteiger partial charge on any atom is -0.378 e. The van der Waals surface area contributed by atoms with Crippen LogP contribution in [0.25, 0.3) is 0 Å². The average molecular weight is 342 g/mol. The lowest BCUT2D eigenvalue weighted by molar-refractivity contribution is -0.120. The molecule has 0 heterocycles. The third-order valence-electron chi connectivity index (χ3n) is 3.34. The molecule has 0 aliphatic heterocycles. The first-order chi connectivity index (χ1) is 12.0. The molecule has 0 bridgehead atoms. The van der Waals surface area contributed by atoms with Crippen LogP contribution in [-0.2, 0) is 4.79 Å². The number of anilines is 1. The molecule has 6 nitrogen and oxygen atoms in total. The van der Waals surface area contributed by atoms with Crippen LogP contribution in [0.3, 0.4) is 0 Å². The lowest BCUT2D eigenvalue weighted by Crippen LogP contribution is -2.35. The number of benzene rings is 2.